The first-order valence-corrected chi connectivity index (χ1v) is 12.8. The van der Waals surface area contributed by atoms with Crippen molar-refractivity contribution in [2.75, 3.05) is 25.7 Å². The molecule has 41 heavy (non-hydrogen) atoms. The van der Waals surface area contributed by atoms with Crippen LogP contribution in [0.4, 0.5) is 10.6 Å². The first-order chi connectivity index (χ1) is 19.7. The zero-order chi connectivity index (χ0) is 29.5. The van der Waals surface area contributed by atoms with E-state index in [0.717, 1.165) is 5.52 Å². The number of rotatable bonds is 10. The second-order valence-corrected chi connectivity index (χ2v) is 9.15. The van der Waals surface area contributed by atoms with Crippen LogP contribution in [0.25, 0.3) is 11.0 Å². The average molecular weight is 561 g/mol. The summed E-state index contributed by atoms with van der Waals surface area (Å²) in [6, 6.07) is 17.5. The number of nitrogens with one attached hydrogen (secondary N) is 1. The smallest absolute Gasteiger partial charge is 0.408 e. The highest BCUT2D eigenvalue weighted by Crippen LogP contribution is 2.26. The summed E-state index contributed by atoms with van der Waals surface area (Å²) in [4.78, 5) is 47.2. The van der Waals surface area contributed by atoms with E-state index >= 15 is 0 Å². The molecule has 4 rings (SSSR count). The van der Waals surface area contributed by atoms with Gasteiger partial charge in [0.05, 0.1) is 31.7 Å². The van der Waals surface area contributed by atoms with Crippen LogP contribution in [0.3, 0.4) is 0 Å². The molecule has 214 valence electrons. The van der Waals surface area contributed by atoms with Crippen molar-refractivity contribution >= 4 is 34.8 Å². The number of aromatic nitrogens is 3. The third kappa shape index (κ3) is 6.79. The van der Waals surface area contributed by atoms with E-state index in [1.807, 2.05) is 24.6 Å². The molecule has 0 bridgehead atoms. The first kappa shape index (κ1) is 29.0. The Kier molecular flexibility index (Phi) is 9.15. The summed E-state index contributed by atoms with van der Waals surface area (Å²) in [6.45, 7) is 1.99. The zero-order valence-electron chi connectivity index (χ0n) is 23.2. The molecule has 2 heterocycles. The number of benzene rings is 2. The molecule has 0 saturated carbocycles. The SMILES string of the molecule is COC(=O)CCN(C(=O)c1ccc2c(c1)nc(C(C)Oc1ccc(C(N)NC(=O)OC)cc1)n2C)c1ccccn1. The Balaban J connectivity index is 1.53. The van der Waals surface area contributed by atoms with Crippen molar-refractivity contribution in [3.8, 4) is 5.75 Å². The molecule has 2 aromatic heterocycles. The standard InChI is InChI=1S/C29H32N6O6/c1-18(41-21-11-8-19(9-12-21)26(30)33-29(38)40-4)27-32-22-17-20(10-13-23(22)34(27)2)28(37)35(16-14-25(36)39-3)24-7-5-6-15-31-24/h5-13,15,17-18,26H,14,16,30H2,1-4H3,(H,33,38). The van der Waals surface area contributed by atoms with Crippen molar-refractivity contribution in [2.45, 2.75) is 25.6 Å². The van der Waals surface area contributed by atoms with Crippen LogP contribution in [0.1, 0.15) is 47.4 Å². The van der Waals surface area contributed by atoms with Crippen molar-refractivity contribution in [1.29, 1.82) is 0 Å². The van der Waals surface area contributed by atoms with Crippen LogP contribution in [0.5, 0.6) is 5.75 Å². The number of ether oxygens (including phenoxy) is 3. The fraction of sp³-hybridized carbons (Fsp3) is 0.276. The lowest BCUT2D eigenvalue weighted by Crippen LogP contribution is -2.33. The number of methoxy groups -OCH3 is 2. The Labute approximate surface area is 237 Å². The van der Waals surface area contributed by atoms with E-state index in [2.05, 4.69) is 15.0 Å². The Morgan fingerprint density at radius 2 is 1.80 bits per heavy atom. The number of esters is 1. The number of imidazole rings is 1. The molecular weight excluding hydrogens is 528 g/mol. The number of fused-ring (bicyclic) bond motifs is 1. The maximum atomic E-state index is 13.5. The van der Waals surface area contributed by atoms with E-state index in [4.69, 9.17) is 20.2 Å². The Morgan fingerprint density at radius 3 is 2.46 bits per heavy atom. The van der Waals surface area contributed by atoms with Crippen molar-refractivity contribution in [3.05, 3.63) is 83.8 Å². The molecule has 0 saturated heterocycles. The molecule has 0 radical (unpaired) electrons. The molecule has 2 amide bonds. The fourth-order valence-electron chi connectivity index (χ4n) is 4.29. The summed E-state index contributed by atoms with van der Waals surface area (Å²) in [5, 5.41) is 2.51. The molecule has 0 spiro atoms. The number of hydrogen-bond acceptors (Lipinski definition) is 9. The normalized spacial score (nSPS) is 12.3. The van der Waals surface area contributed by atoms with E-state index in [0.29, 0.717) is 34.0 Å². The number of hydrogen-bond donors (Lipinski definition) is 2. The summed E-state index contributed by atoms with van der Waals surface area (Å²) in [7, 11) is 4.45. The highest BCUT2D eigenvalue weighted by Gasteiger charge is 2.22. The minimum atomic E-state index is -0.722. The molecule has 0 aliphatic carbocycles. The van der Waals surface area contributed by atoms with E-state index < -0.39 is 24.3 Å². The van der Waals surface area contributed by atoms with Crippen molar-refractivity contribution < 1.29 is 28.6 Å². The molecule has 2 aromatic carbocycles. The maximum absolute atomic E-state index is 13.5. The van der Waals surface area contributed by atoms with Crippen LogP contribution in [0.2, 0.25) is 0 Å². The van der Waals surface area contributed by atoms with Crippen LogP contribution in [0.15, 0.2) is 66.9 Å². The number of anilines is 1. The number of alkyl carbamates (subject to hydrolysis) is 1. The predicted octanol–water partition coefficient (Wildman–Crippen LogP) is 3.63. The van der Waals surface area contributed by atoms with Gasteiger partial charge >= 0.3 is 12.1 Å². The van der Waals surface area contributed by atoms with Gasteiger partial charge in [-0.25, -0.2) is 14.8 Å². The maximum Gasteiger partial charge on any atom is 0.408 e. The minimum Gasteiger partial charge on any atom is -0.483 e. The number of amides is 2. The molecule has 2 unspecified atom stereocenters. The molecule has 0 aliphatic heterocycles. The lowest BCUT2D eigenvalue weighted by atomic mass is 10.1. The lowest BCUT2D eigenvalue weighted by Gasteiger charge is -2.21. The van der Waals surface area contributed by atoms with Crippen molar-refractivity contribution in [3.63, 3.8) is 0 Å². The summed E-state index contributed by atoms with van der Waals surface area (Å²) >= 11 is 0. The largest absolute Gasteiger partial charge is 0.483 e. The highest BCUT2D eigenvalue weighted by molar-refractivity contribution is 6.07. The average Bonchev–Trinajstić information content (AvgIpc) is 3.33. The van der Waals surface area contributed by atoms with Gasteiger partial charge in [0, 0.05) is 25.4 Å². The van der Waals surface area contributed by atoms with Gasteiger partial charge in [0.25, 0.3) is 5.91 Å². The van der Waals surface area contributed by atoms with Gasteiger partial charge in [0.1, 0.15) is 17.7 Å². The molecule has 0 aliphatic rings. The molecule has 3 N–H and O–H groups in total. The summed E-state index contributed by atoms with van der Waals surface area (Å²) in [5.41, 5.74) is 8.50. The van der Waals surface area contributed by atoms with E-state index in [9.17, 15) is 14.4 Å². The predicted molar refractivity (Wildman–Crippen MR) is 151 cm³/mol. The van der Waals surface area contributed by atoms with Crippen LogP contribution >= 0.6 is 0 Å². The minimum absolute atomic E-state index is 0.0261. The van der Waals surface area contributed by atoms with E-state index in [1.54, 1.807) is 60.8 Å². The van der Waals surface area contributed by atoms with Crippen molar-refractivity contribution in [2.24, 2.45) is 12.8 Å². The Bertz CT molecular complexity index is 1520. The number of nitrogens with zero attached hydrogens (tertiary/aromatic N) is 4. The van der Waals surface area contributed by atoms with Gasteiger partial charge < -0.3 is 29.8 Å². The summed E-state index contributed by atoms with van der Waals surface area (Å²) < 4.78 is 17.4. The molecule has 12 heteroatoms. The van der Waals surface area contributed by atoms with Gasteiger partial charge in [-0.15, -0.1) is 0 Å². The second-order valence-electron chi connectivity index (χ2n) is 9.15. The fourth-order valence-corrected chi connectivity index (χ4v) is 4.29. The third-order valence-corrected chi connectivity index (χ3v) is 6.47. The monoisotopic (exact) mass is 560 g/mol. The number of pyridine rings is 1. The second kappa shape index (κ2) is 12.9. The topological polar surface area (TPSA) is 151 Å². The lowest BCUT2D eigenvalue weighted by molar-refractivity contribution is -0.140. The van der Waals surface area contributed by atoms with Gasteiger partial charge in [-0.2, -0.15) is 0 Å². The molecule has 0 fully saturated rings. The van der Waals surface area contributed by atoms with Crippen LogP contribution in [-0.4, -0.2) is 53.3 Å². The highest BCUT2D eigenvalue weighted by atomic mass is 16.5. The Hall–Kier alpha value is -4.97. The molecule has 2 atom stereocenters. The number of carbonyl (C=O) groups is 3. The molecule has 4 aromatic rings. The van der Waals surface area contributed by atoms with Crippen LogP contribution < -0.4 is 20.7 Å². The number of carbonyl (C=O) groups excluding carboxylic acids is 3. The summed E-state index contributed by atoms with van der Waals surface area (Å²) in [6.07, 6.45) is -0.157. The van der Waals surface area contributed by atoms with Gasteiger partial charge in [0.15, 0.2) is 11.9 Å². The van der Waals surface area contributed by atoms with E-state index in [1.165, 1.54) is 19.1 Å². The summed E-state index contributed by atoms with van der Waals surface area (Å²) in [5.74, 6) is 0.938. The number of aryl methyl sites for hydroxylation is 1. The van der Waals surface area contributed by atoms with E-state index in [-0.39, 0.29) is 18.9 Å². The van der Waals surface area contributed by atoms with Crippen molar-refractivity contribution in [1.82, 2.24) is 19.9 Å². The van der Waals surface area contributed by atoms with Crippen LogP contribution in [-0.2, 0) is 21.3 Å². The quantitative estimate of drug-likeness (QED) is 0.219. The Morgan fingerprint density at radius 1 is 1.05 bits per heavy atom. The van der Waals surface area contributed by atoms with Gasteiger partial charge in [-0.1, -0.05) is 18.2 Å². The number of nitrogens with two attached hydrogens (primary N) is 1. The molecular formula is C29H32N6O6. The van der Waals surface area contributed by atoms with Gasteiger partial charge in [-0.3, -0.25) is 14.5 Å². The van der Waals surface area contributed by atoms with Gasteiger partial charge in [-0.05, 0) is 55.0 Å². The zero-order valence-corrected chi connectivity index (χ0v) is 23.2. The molecule has 12 nitrogen and oxygen atoms in total. The third-order valence-electron chi connectivity index (χ3n) is 6.47. The first-order valence-electron chi connectivity index (χ1n) is 12.8. The van der Waals surface area contributed by atoms with Gasteiger partial charge in [0.2, 0.25) is 0 Å². The van der Waals surface area contributed by atoms with Crippen LogP contribution in [0, 0.1) is 0 Å².